The van der Waals surface area contributed by atoms with Crippen LogP contribution in [-0.2, 0) is 9.59 Å². The number of aromatic hydroxyl groups is 1. The Morgan fingerprint density at radius 2 is 1.96 bits per heavy atom. The summed E-state index contributed by atoms with van der Waals surface area (Å²) in [5.74, 6) is -0.355. The van der Waals surface area contributed by atoms with Gasteiger partial charge in [0.1, 0.15) is 11.5 Å². The van der Waals surface area contributed by atoms with Gasteiger partial charge in [-0.3, -0.25) is 15.0 Å². The summed E-state index contributed by atoms with van der Waals surface area (Å²) >= 11 is 6.21. The summed E-state index contributed by atoms with van der Waals surface area (Å²) in [4.78, 5) is 24.9. The Bertz CT molecular complexity index is 926. The van der Waals surface area contributed by atoms with Crippen LogP contribution in [0.1, 0.15) is 11.1 Å². The minimum absolute atomic E-state index is 0.0540. The average molecular weight is 400 g/mol. The lowest BCUT2D eigenvalue weighted by atomic mass is 10.2. The van der Waals surface area contributed by atoms with Crippen molar-refractivity contribution in [2.75, 3.05) is 6.61 Å². The Labute approximate surface area is 165 Å². The lowest BCUT2D eigenvalue weighted by Crippen LogP contribution is -2.46. The van der Waals surface area contributed by atoms with Crippen molar-refractivity contribution in [3.05, 3.63) is 64.6 Å². The van der Waals surface area contributed by atoms with E-state index in [2.05, 4.69) is 5.43 Å². The number of nitrogens with one attached hydrogen (secondary N) is 1. The Morgan fingerprint density at radius 3 is 2.67 bits per heavy atom. The number of hydrogen-bond acceptors (Lipinski definition) is 6. The van der Waals surface area contributed by atoms with Gasteiger partial charge in [0.05, 0.1) is 4.91 Å². The highest BCUT2D eigenvalue weighted by Crippen LogP contribution is 2.32. The van der Waals surface area contributed by atoms with E-state index in [1.165, 1.54) is 12.1 Å². The standard InChI is InChI=1S/C19H16N2O4S2/c1-12-6-8-14(9-7-12)25-11-17(23)20-21-18(24)16(27-19(21)26)10-13-4-2-3-5-15(13)22/h2-10,22H,11H2,1H3,(H,20,23). The van der Waals surface area contributed by atoms with Gasteiger partial charge in [-0.15, -0.1) is 0 Å². The minimum Gasteiger partial charge on any atom is -0.507 e. The first-order chi connectivity index (χ1) is 12.9. The van der Waals surface area contributed by atoms with Crippen molar-refractivity contribution in [3.8, 4) is 11.5 Å². The lowest BCUT2D eigenvalue weighted by Gasteiger charge is -2.15. The summed E-state index contributed by atoms with van der Waals surface area (Å²) in [5.41, 5.74) is 4.02. The zero-order valence-electron chi connectivity index (χ0n) is 14.3. The maximum atomic E-state index is 12.5. The Balaban J connectivity index is 1.62. The molecule has 0 aromatic heterocycles. The molecule has 0 radical (unpaired) electrons. The summed E-state index contributed by atoms with van der Waals surface area (Å²) in [6.45, 7) is 1.70. The molecule has 2 amide bonds. The predicted molar refractivity (Wildman–Crippen MR) is 108 cm³/mol. The highest BCUT2D eigenvalue weighted by atomic mass is 32.2. The Hall–Kier alpha value is -2.84. The molecule has 6 nitrogen and oxygen atoms in total. The Kier molecular flexibility index (Phi) is 5.78. The van der Waals surface area contributed by atoms with Crippen molar-refractivity contribution in [3.63, 3.8) is 0 Å². The van der Waals surface area contributed by atoms with Crippen molar-refractivity contribution in [1.29, 1.82) is 0 Å². The van der Waals surface area contributed by atoms with Crippen molar-refractivity contribution in [2.45, 2.75) is 6.92 Å². The number of nitrogens with zero attached hydrogens (tertiary/aromatic N) is 1. The zero-order chi connectivity index (χ0) is 19.4. The van der Waals surface area contributed by atoms with E-state index in [9.17, 15) is 14.7 Å². The van der Waals surface area contributed by atoms with Gasteiger partial charge in [0.2, 0.25) is 0 Å². The van der Waals surface area contributed by atoms with Crippen LogP contribution in [0.3, 0.4) is 0 Å². The number of thioether (sulfide) groups is 1. The van der Waals surface area contributed by atoms with Gasteiger partial charge in [-0.25, -0.2) is 0 Å². The predicted octanol–water partition coefficient (Wildman–Crippen LogP) is 3.01. The van der Waals surface area contributed by atoms with E-state index in [0.717, 1.165) is 22.3 Å². The van der Waals surface area contributed by atoms with E-state index in [-0.39, 0.29) is 16.7 Å². The third-order valence-corrected chi connectivity index (χ3v) is 4.95. The van der Waals surface area contributed by atoms with E-state index in [0.29, 0.717) is 16.2 Å². The van der Waals surface area contributed by atoms with Crippen LogP contribution < -0.4 is 10.2 Å². The smallest absolute Gasteiger partial charge is 0.285 e. The molecule has 2 aromatic rings. The fraction of sp³-hybridized carbons (Fsp3) is 0.105. The van der Waals surface area contributed by atoms with E-state index in [4.69, 9.17) is 17.0 Å². The number of ether oxygens (including phenoxy) is 1. The number of amides is 2. The molecule has 138 valence electrons. The molecule has 1 aliphatic heterocycles. The van der Waals surface area contributed by atoms with Crippen LogP contribution in [0.5, 0.6) is 11.5 Å². The molecule has 3 rings (SSSR count). The van der Waals surface area contributed by atoms with Crippen molar-refractivity contribution >= 4 is 46.2 Å². The summed E-state index contributed by atoms with van der Waals surface area (Å²) in [5, 5.41) is 10.8. The molecule has 0 saturated carbocycles. The number of thiocarbonyl (C=S) groups is 1. The van der Waals surface area contributed by atoms with Crippen LogP contribution in [-0.4, -0.2) is 32.9 Å². The number of aryl methyl sites for hydroxylation is 1. The molecule has 0 bridgehead atoms. The van der Waals surface area contributed by atoms with Crippen molar-refractivity contribution in [1.82, 2.24) is 10.4 Å². The SMILES string of the molecule is Cc1ccc(OCC(=O)NN2C(=O)C(=Cc3ccccc3O)SC2=S)cc1. The molecule has 0 atom stereocenters. The van der Waals surface area contributed by atoms with Crippen LogP contribution in [0.4, 0.5) is 0 Å². The number of phenols is 1. The quantitative estimate of drug-likeness (QED) is 0.593. The maximum absolute atomic E-state index is 12.5. The van der Waals surface area contributed by atoms with Gasteiger partial charge in [0.25, 0.3) is 11.8 Å². The Morgan fingerprint density at radius 1 is 1.26 bits per heavy atom. The normalized spacial score (nSPS) is 15.3. The zero-order valence-corrected chi connectivity index (χ0v) is 16.0. The molecule has 0 aliphatic carbocycles. The third-order valence-electron chi connectivity index (χ3n) is 3.64. The highest BCUT2D eigenvalue weighted by molar-refractivity contribution is 8.26. The van der Waals surface area contributed by atoms with E-state index < -0.39 is 11.8 Å². The lowest BCUT2D eigenvalue weighted by molar-refractivity contribution is -0.134. The number of carbonyl (C=O) groups excluding carboxylic acids is 2. The van der Waals surface area contributed by atoms with E-state index in [1.807, 2.05) is 19.1 Å². The largest absolute Gasteiger partial charge is 0.507 e. The van der Waals surface area contributed by atoms with Crippen LogP contribution in [0.25, 0.3) is 6.08 Å². The molecule has 1 saturated heterocycles. The number of phenolic OH excluding ortho intramolecular Hbond substituents is 1. The number of para-hydroxylation sites is 1. The number of hydrogen-bond donors (Lipinski definition) is 2. The molecule has 1 fully saturated rings. The maximum Gasteiger partial charge on any atom is 0.285 e. The average Bonchev–Trinajstić information content (AvgIpc) is 2.90. The van der Waals surface area contributed by atoms with Gasteiger partial charge in [0, 0.05) is 5.56 Å². The van der Waals surface area contributed by atoms with Crippen molar-refractivity contribution < 1.29 is 19.4 Å². The number of rotatable bonds is 5. The van der Waals surface area contributed by atoms with Gasteiger partial charge in [-0.05, 0) is 43.4 Å². The number of hydrazine groups is 1. The van der Waals surface area contributed by atoms with Crippen LogP contribution in [0.2, 0.25) is 0 Å². The van der Waals surface area contributed by atoms with Gasteiger partial charge < -0.3 is 9.84 Å². The third kappa shape index (κ3) is 4.66. The monoisotopic (exact) mass is 400 g/mol. The van der Waals surface area contributed by atoms with Crippen LogP contribution in [0, 0.1) is 6.92 Å². The van der Waals surface area contributed by atoms with E-state index in [1.54, 1.807) is 30.3 Å². The first-order valence-corrected chi connectivity index (χ1v) is 9.21. The van der Waals surface area contributed by atoms with Gasteiger partial charge in [-0.2, -0.15) is 5.01 Å². The summed E-state index contributed by atoms with van der Waals surface area (Å²) < 4.78 is 5.59. The summed E-state index contributed by atoms with van der Waals surface area (Å²) in [6, 6.07) is 13.9. The molecular weight excluding hydrogens is 384 g/mol. The van der Waals surface area contributed by atoms with Gasteiger partial charge in [0.15, 0.2) is 10.9 Å². The number of benzene rings is 2. The molecule has 1 heterocycles. The fourth-order valence-corrected chi connectivity index (χ4v) is 3.43. The second kappa shape index (κ2) is 8.24. The van der Waals surface area contributed by atoms with Crippen LogP contribution >= 0.6 is 24.0 Å². The molecule has 2 aromatic carbocycles. The summed E-state index contributed by atoms with van der Waals surface area (Å²) in [7, 11) is 0. The van der Waals surface area contributed by atoms with Gasteiger partial charge in [-0.1, -0.05) is 47.7 Å². The first-order valence-electron chi connectivity index (χ1n) is 7.99. The second-order valence-corrected chi connectivity index (χ2v) is 7.39. The fourth-order valence-electron chi connectivity index (χ4n) is 2.26. The van der Waals surface area contributed by atoms with Crippen LogP contribution in [0.15, 0.2) is 53.4 Å². The topological polar surface area (TPSA) is 78.9 Å². The molecule has 0 spiro atoms. The molecule has 27 heavy (non-hydrogen) atoms. The first kappa shape index (κ1) is 18.9. The molecular formula is C19H16N2O4S2. The highest BCUT2D eigenvalue weighted by Gasteiger charge is 2.33. The summed E-state index contributed by atoms with van der Waals surface area (Å²) in [6.07, 6.45) is 1.53. The van der Waals surface area contributed by atoms with Crippen molar-refractivity contribution in [2.24, 2.45) is 0 Å². The molecule has 8 heteroatoms. The minimum atomic E-state index is -0.504. The second-order valence-electron chi connectivity index (χ2n) is 5.71. The number of carbonyl (C=O) groups is 2. The molecule has 0 unspecified atom stereocenters. The van der Waals surface area contributed by atoms with E-state index >= 15 is 0 Å². The van der Waals surface area contributed by atoms with Gasteiger partial charge >= 0.3 is 0 Å². The molecule has 2 N–H and O–H groups in total. The molecule has 1 aliphatic rings.